The van der Waals surface area contributed by atoms with Crippen molar-refractivity contribution in [3.63, 3.8) is 0 Å². The van der Waals surface area contributed by atoms with Crippen LogP contribution >= 0.6 is 0 Å². The van der Waals surface area contributed by atoms with Gasteiger partial charge in [-0.2, -0.15) is 10.1 Å². The number of hydrogen-bond acceptors (Lipinski definition) is 3. The molecule has 4 nitrogen and oxygen atoms in total. The van der Waals surface area contributed by atoms with Crippen LogP contribution < -0.4 is 9.75 Å². The summed E-state index contributed by atoms with van der Waals surface area (Å²) < 4.78 is 73.9. The smallest absolute Gasteiger partial charge is 0.280 e. The Morgan fingerprint density at radius 2 is 1.59 bits per heavy atom. The molecule has 0 saturated carbocycles. The zero-order chi connectivity index (χ0) is 21.5. The molecule has 3 rings (SSSR count). The molecule has 1 amide bonds. The van der Waals surface area contributed by atoms with E-state index in [1.165, 1.54) is 13.0 Å². The molecule has 152 valence electrons. The minimum Gasteiger partial charge on any atom is -0.491 e. The third-order valence-electron chi connectivity index (χ3n) is 4.00. The topological polar surface area (TPSA) is 41.9 Å². The van der Waals surface area contributed by atoms with Gasteiger partial charge in [0.05, 0.1) is 17.4 Å². The van der Waals surface area contributed by atoms with E-state index in [0.717, 1.165) is 0 Å². The van der Waals surface area contributed by atoms with Crippen molar-refractivity contribution in [1.82, 2.24) is 0 Å². The van der Waals surface area contributed by atoms with Crippen LogP contribution in [-0.4, -0.2) is 17.7 Å². The van der Waals surface area contributed by atoms with Crippen LogP contribution in [0.5, 0.6) is 5.75 Å². The molecule has 0 aromatic heterocycles. The third-order valence-corrected chi connectivity index (χ3v) is 4.00. The Kier molecular flexibility index (Phi) is 5.41. The van der Waals surface area contributed by atoms with Crippen molar-refractivity contribution in [2.24, 2.45) is 5.10 Å². The lowest BCUT2D eigenvalue weighted by molar-refractivity contribution is -0.114. The van der Waals surface area contributed by atoms with Gasteiger partial charge >= 0.3 is 0 Å². The highest BCUT2D eigenvalue weighted by Crippen LogP contribution is 2.34. The summed E-state index contributed by atoms with van der Waals surface area (Å²) in [6.45, 7) is 5.05. The van der Waals surface area contributed by atoms with E-state index in [2.05, 4.69) is 5.10 Å². The fourth-order valence-electron chi connectivity index (χ4n) is 2.73. The number of anilines is 1. The third kappa shape index (κ3) is 3.72. The maximum absolute atomic E-state index is 14.1. The highest BCUT2D eigenvalue weighted by atomic mass is 19.2. The Bertz CT molecular complexity index is 1030. The number of hydrogen-bond donors (Lipinski definition) is 0. The van der Waals surface area contributed by atoms with Gasteiger partial charge in [-0.15, -0.1) is 0 Å². The molecule has 29 heavy (non-hydrogen) atoms. The summed E-state index contributed by atoms with van der Waals surface area (Å²) in [4.78, 5) is 12.6. The molecule has 1 aliphatic heterocycles. The number of benzene rings is 2. The number of rotatable bonds is 4. The van der Waals surface area contributed by atoms with Gasteiger partial charge < -0.3 is 4.74 Å². The van der Waals surface area contributed by atoms with Crippen LogP contribution in [0.15, 0.2) is 34.9 Å². The maximum atomic E-state index is 14.1. The minimum atomic E-state index is -2.31. The molecule has 0 atom stereocenters. The van der Waals surface area contributed by atoms with E-state index in [1.54, 1.807) is 24.3 Å². The standard InChI is InChI=1S/C20H15F5N2O2/c1-9(2)29-12-6-4-5-11(7-12)8-13-10(3)26-27(20(13)28)19-17(24)15(22)14(21)16(23)18(19)25/h4-9H,1-3H3/b13-8-. The molecule has 9 heteroatoms. The molecule has 0 aliphatic carbocycles. The summed E-state index contributed by atoms with van der Waals surface area (Å²) in [5.41, 5.74) is -0.906. The SMILES string of the molecule is CC1=NN(c2c(F)c(F)c(F)c(F)c2F)C(=O)/C1=C\c1cccc(OC(C)C)c1. The van der Waals surface area contributed by atoms with Crippen molar-refractivity contribution in [1.29, 1.82) is 0 Å². The van der Waals surface area contributed by atoms with Gasteiger partial charge in [0, 0.05) is 0 Å². The summed E-state index contributed by atoms with van der Waals surface area (Å²) in [6, 6.07) is 6.68. The lowest BCUT2D eigenvalue weighted by atomic mass is 10.1. The monoisotopic (exact) mass is 410 g/mol. The Morgan fingerprint density at radius 1 is 1.00 bits per heavy atom. The first-order chi connectivity index (χ1) is 13.6. The second-order valence-corrected chi connectivity index (χ2v) is 6.52. The van der Waals surface area contributed by atoms with Gasteiger partial charge in [0.1, 0.15) is 11.4 Å². The number of carbonyl (C=O) groups excluding carboxylic acids is 1. The molecule has 0 fully saturated rings. The first kappa shape index (κ1) is 20.5. The lowest BCUT2D eigenvalue weighted by Crippen LogP contribution is -2.25. The molecule has 2 aromatic rings. The van der Waals surface area contributed by atoms with E-state index >= 15 is 0 Å². The molecule has 1 aliphatic rings. The fraction of sp³-hybridized carbons (Fsp3) is 0.200. The van der Waals surface area contributed by atoms with E-state index in [4.69, 9.17) is 4.74 Å². The minimum absolute atomic E-state index is 0.0501. The molecule has 0 spiro atoms. The summed E-state index contributed by atoms with van der Waals surface area (Å²) in [7, 11) is 0. The van der Waals surface area contributed by atoms with Gasteiger partial charge in [0.25, 0.3) is 5.91 Å². The zero-order valence-corrected chi connectivity index (χ0v) is 15.6. The molecule has 0 N–H and O–H groups in total. The second kappa shape index (κ2) is 7.65. The summed E-state index contributed by atoms with van der Waals surface area (Å²) in [5.74, 6) is -11.4. The van der Waals surface area contributed by atoms with E-state index in [0.29, 0.717) is 11.3 Å². The van der Waals surface area contributed by atoms with E-state index in [9.17, 15) is 26.7 Å². The highest BCUT2D eigenvalue weighted by molar-refractivity contribution is 6.32. The lowest BCUT2D eigenvalue weighted by Gasteiger charge is -2.15. The first-order valence-electron chi connectivity index (χ1n) is 8.51. The van der Waals surface area contributed by atoms with E-state index in [-0.39, 0.29) is 22.4 Å². The number of halogens is 5. The number of nitrogens with zero attached hydrogens (tertiary/aromatic N) is 2. The predicted molar refractivity (Wildman–Crippen MR) is 97.0 cm³/mol. The van der Waals surface area contributed by atoms with Crippen molar-refractivity contribution < 1.29 is 31.5 Å². The summed E-state index contributed by atoms with van der Waals surface area (Å²) in [6.07, 6.45) is 1.31. The Morgan fingerprint density at radius 3 is 2.17 bits per heavy atom. The number of amides is 1. The van der Waals surface area contributed by atoms with Gasteiger partial charge in [-0.1, -0.05) is 12.1 Å². The van der Waals surface area contributed by atoms with Crippen molar-refractivity contribution in [3.05, 3.63) is 64.5 Å². The largest absolute Gasteiger partial charge is 0.491 e. The number of hydrazone groups is 1. The van der Waals surface area contributed by atoms with Gasteiger partial charge in [-0.25, -0.2) is 22.0 Å². The van der Waals surface area contributed by atoms with Crippen LogP contribution in [-0.2, 0) is 4.79 Å². The molecule has 0 unspecified atom stereocenters. The Labute approximate surface area is 162 Å². The Balaban J connectivity index is 2.02. The Hall–Kier alpha value is -3.23. The van der Waals surface area contributed by atoms with Gasteiger partial charge in [0.15, 0.2) is 23.3 Å². The van der Waals surface area contributed by atoms with Crippen molar-refractivity contribution in [2.75, 3.05) is 5.01 Å². The molecule has 1 heterocycles. The number of carbonyl (C=O) groups is 1. The molecule has 0 bridgehead atoms. The quantitative estimate of drug-likeness (QED) is 0.309. The van der Waals surface area contributed by atoms with Gasteiger partial charge in [-0.05, 0) is 44.5 Å². The van der Waals surface area contributed by atoms with Crippen LogP contribution in [0.4, 0.5) is 27.6 Å². The zero-order valence-electron chi connectivity index (χ0n) is 15.6. The van der Waals surface area contributed by atoms with E-state index in [1.807, 2.05) is 13.8 Å². The average molecular weight is 410 g/mol. The van der Waals surface area contributed by atoms with Gasteiger partial charge in [-0.3, -0.25) is 4.79 Å². The van der Waals surface area contributed by atoms with Crippen LogP contribution in [0.2, 0.25) is 0 Å². The van der Waals surface area contributed by atoms with Crippen molar-refractivity contribution >= 4 is 23.4 Å². The number of ether oxygens (including phenoxy) is 1. The molecular formula is C20H15F5N2O2. The normalized spacial score (nSPS) is 15.5. The van der Waals surface area contributed by atoms with Crippen molar-refractivity contribution in [2.45, 2.75) is 26.9 Å². The highest BCUT2D eigenvalue weighted by Gasteiger charge is 2.36. The average Bonchev–Trinajstić information content (AvgIpc) is 2.93. The first-order valence-corrected chi connectivity index (χ1v) is 8.51. The second-order valence-electron chi connectivity index (χ2n) is 6.52. The predicted octanol–water partition coefficient (Wildman–Crippen LogP) is 4.98. The summed E-state index contributed by atoms with van der Waals surface area (Å²) >= 11 is 0. The maximum Gasteiger partial charge on any atom is 0.280 e. The summed E-state index contributed by atoms with van der Waals surface area (Å²) in [5, 5.41) is 3.86. The fourth-order valence-corrected chi connectivity index (χ4v) is 2.73. The molecule has 0 saturated heterocycles. The molecular weight excluding hydrogens is 395 g/mol. The van der Waals surface area contributed by atoms with Crippen LogP contribution in [0.25, 0.3) is 6.08 Å². The van der Waals surface area contributed by atoms with E-state index < -0.39 is 40.7 Å². The van der Waals surface area contributed by atoms with Crippen molar-refractivity contribution in [3.8, 4) is 5.75 Å². The van der Waals surface area contributed by atoms with Gasteiger partial charge in [0.2, 0.25) is 5.82 Å². The van der Waals surface area contributed by atoms with Crippen LogP contribution in [0.3, 0.4) is 0 Å². The molecule has 2 aromatic carbocycles. The van der Waals surface area contributed by atoms with Crippen LogP contribution in [0.1, 0.15) is 26.3 Å². The molecule has 0 radical (unpaired) electrons. The van der Waals surface area contributed by atoms with Crippen LogP contribution in [0, 0.1) is 29.1 Å².